The molecule has 1 aliphatic rings. The number of amides is 1. The Labute approximate surface area is 182 Å². The fourth-order valence-corrected chi connectivity index (χ4v) is 3.94. The monoisotopic (exact) mass is 426 g/mol. The standard InChI is InChI=1S/C24H30N2O5/c1-5-25(6-2)13-8-14-26-21(19-12-11-16(3)31-19)20(23(28)24(26)29)22(27)17-9-7-10-18(15-17)30-4/h7,9-12,15,21,27H,5-6,8,13-14H2,1-4H3/t21-/m0/s1. The van der Waals surface area contributed by atoms with Gasteiger partial charge in [0.15, 0.2) is 0 Å². The molecular formula is C24H30N2O5. The van der Waals surface area contributed by atoms with Crippen molar-refractivity contribution < 1.29 is 23.8 Å². The first-order valence-electron chi connectivity index (χ1n) is 10.6. The number of aliphatic hydroxyl groups is 1. The number of rotatable bonds is 9. The Kier molecular flexibility index (Phi) is 7.17. The quantitative estimate of drug-likeness (QED) is 0.374. The van der Waals surface area contributed by atoms with E-state index >= 15 is 0 Å². The zero-order valence-electron chi connectivity index (χ0n) is 18.6. The van der Waals surface area contributed by atoms with Gasteiger partial charge in [-0.15, -0.1) is 0 Å². The Morgan fingerprint density at radius 2 is 1.94 bits per heavy atom. The number of benzene rings is 1. The summed E-state index contributed by atoms with van der Waals surface area (Å²) in [7, 11) is 1.53. The number of furan rings is 1. The molecule has 7 nitrogen and oxygen atoms in total. The Morgan fingerprint density at radius 3 is 2.55 bits per heavy atom. The van der Waals surface area contributed by atoms with Crippen molar-refractivity contribution >= 4 is 17.4 Å². The lowest BCUT2D eigenvalue weighted by molar-refractivity contribution is -0.140. The van der Waals surface area contributed by atoms with Gasteiger partial charge >= 0.3 is 0 Å². The number of hydrogen-bond acceptors (Lipinski definition) is 6. The summed E-state index contributed by atoms with van der Waals surface area (Å²) in [5.41, 5.74) is 0.448. The molecule has 166 valence electrons. The first-order chi connectivity index (χ1) is 14.9. The Bertz CT molecular complexity index is 974. The molecule has 1 atom stereocenters. The highest BCUT2D eigenvalue weighted by atomic mass is 16.5. The molecule has 1 aromatic heterocycles. The summed E-state index contributed by atoms with van der Waals surface area (Å²) in [6.45, 7) is 9.04. The number of aryl methyl sites for hydroxylation is 1. The van der Waals surface area contributed by atoms with Crippen LogP contribution in [0.4, 0.5) is 0 Å². The van der Waals surface area contributed by atoms with Gasteiger partial charge in [0.05, 0.1) is 12.7 Å². The highest BCUT2D eigenvalue weighted by molar-refractivity contribution is 6.46. The summed E-state index contributed by atoms with van der Waals surface area (Å²) >= 11 is 0. The van der Waals surface area contributed by atoms with E-state index in [-0.39, 0.29) is 11.3 Å². The minimum Gasteiger partial charge on any atom is -0.507 e. The van der Waals surface area contributed by atoms with Crippen molar-refractivity contribution in [3.63, 3.8) is 0 Å². The minimum absolute atomic E-state index is 0.0374. The minimum atomic E-state index is -0.767. The highest BCUT2D eigenvalue weighted by Crippen LogP contribution is 2.40. The first-order valence-corrected chi connectivity index (χ1v) is 10.6. The van der Waals surface area contributed by atoms with Crippen LogP contribution in [-0.4, -0.2) is 59.9 Å². The van der Waals surface area contributed by atoms with Crippen molar-refractivity contribution in [2.75, 3.05) is 33.3 Å². The van der Waals surface area contributed by atoms with Gasteiger partial charge in [0.1, 0.15) is 29.1 Å². The molecule has 0 spiro atoms. The van der Waals surface area contributed by atoms with Crippen molar-refractivity contribution in [2.45, 2.75) is 33.2 Å². The van der Waals surface area contributed by atoms with E-state index in [1.807, 2.05) is 0 Å². The highest BCUT2D eigenvalue weighted by Gasteiger charge is 2.47. The van der Waals surface area contributed by atoms with E-state index in [1.54, 1.807) is 43.3 Å². The van der Waals surface area contributed by atoms with E-state index in [0.717, 1.165) is 19.6 Å². The largest absolute Gasteiger partial charge is 0.507 e. The van der Waals surface area contributed by atoms with Crippen LogP contribution < -0.4 is 4.74 Å². The summed E-state index contributed by atoms with van der Waals surface area (Å²) in [6.07, 6.45) is 0.712. The zero-order chi connectivity index (χ0) is 22.5. The van der Waals surface area contributed by atoms with Gasteiger partial charge in [-0.25, -0.2) is 0 Å². The van der Waals surface area contributed by atoms with Crippen molar-refractivity contribution in [1.29, 1.82) is 0 Å². The van der Waals surface area contributed by atoms with Gasteiger partial charge in [-0.2, -0.15) is 0 Å². The molecule has 1 amide bonds. The van der Waals surface area contributed by atoms with Crippen LogP contribution in [0.25, 0.3) is 5.76 Å². The molecule has 0 bridgehead atoms. The predicted molar refractivity (Wildman–Crippen MR) is 118 cm³/mol. The van der Waals surface area contributed by atoms with Crippen LogP contribution in [0.1, 0.15) is 43.4 Å². The lowest BCUT2D eigenvalue weighted by atomic mass is 9.99. The van der Waals surface area contributed by atoms with Crippen LogP contribution in [-0.2, 0) is 9.59 Å². The third-order valence-electron chi connectivity index (χ3n) is 5.68. The SMILES string of the molecule is CCN(CC)CCCN1C(=O)C(=O)C(=C(O)c2cccc(OC)c2)[C@@H]1c1ccc(C)o1. The number of carbonyl (C=O) groups is 2. The number of likely N-dealkylation sites (tertiary alicyclic amines) is 1. The topological polar surface area (TPSA) is 83.2 Å². The molecule has 1 N–H and O–H groups in total. The molecule has 1 aliphatic heterocycles. The van der Waals surface area contributed by atoms with Crippen molar-refractivity contribution in [1.82, 2.24) is 9.80 Å². The van der Waals surface area contributed by atoms with Gasteiger partial charge in [0, 0.05) is 12.1 Å². The number of ketones is 1. The van der Waals surface area contributed by atoms with E-state index < -0.39 is 17.7 Å². The molecule has 1 aromatic carbocycles. The summed E-state index contributed by atoms with van der Waals surface area (Å²) < 4.78 is 11.0. The maximum atomic E-state index is 13.0. The fourth-order valence-electron chi connectivity index (χ4n) is 3.94. The smallest absolute Gasteiger partial charge is 0.295 e. The average Bonchev–Trinajstić information content (AvgIpc) is 3.32. The molecule has 0 saturated carbocycles. The zero-order valence-corrected chi connectivity index (χ0v) is 18.6. The van der Waals surface area contributed by atoms with Crippen molar-refractivity contribution in [2.24, 2.45) is 0 Å². The summed E-state index contributed by atoms with van der Waals surface area (Å²) in [5.74, 6) is 0.116. The van der Waals surface area contributed by atoms with Gasteiger partial charge in [0.25, 0.3) is 11.7 Å². The summed E-state index contributed by atoms with van der Waals surface area (Å²) in [6, 6.07) is 9.55. The number of carbonyl (C=O) groups excluding carboxylic acids is 2. The molecule has 3 rings (SSSR count). The fraction of sp³-hybridized carbons (Fsp3) is 0.417. The van der Waals surface area contributed by atoms with Gasteiger partial charge in [-0.05, 0) is 57.2 Å². The van der Waals surface area contributed by atoms with Crippen LogP contribution in [0.15, 0.2) is 46.4 Å². The van der Waals surface area contributed by atoms with Gasteiger partial charge < -0.3 is 24.1 Å². The molecule has 7 heteroatoms. The molecule has 1 fully saturated rings. The predicted octanol–water partition coefficient (Wildman–Crippen LogP) is 3.75. The average molecular weight is 427 g/mol. The number of methoxy groups -OCH3 is 1. The summed E-state index contributed by atoms with van der Waals surface area (Å²) in [5, 5.41) is 11.0. The molecule has 31 heavy (non-hydrogen) atoms. The number of hydrogen-bond donors (Lipinski definition) is 1. The number of Topliss-reactive ketones (excluding diaryl/α,β-unsaturated/α-hetero) is 1. The molecule has 2 aromatic rings. The second-order valence-electron chi connectivity index (χ2n) is 7.55. The van der Waals surface area contributed by atoms with Gasteiger partial charge in [-0.3, -0.25) is 9.59 Å². The lowest BCUT2D eigenvalue weighted by Crippen LogP contribution is -2.33. The number of aliphatic hydroxyl groups excluding tert-OH is 1. The Hall–Kier alpha value is -3.06. The molecular weight excluding hydrogens is 396 g/mol. The maximum absolute atomic E-state index is 13.0. The van der Waals surface area contributed by atoms with Crippen molar-refractivity contribution in [3.05, 3.63) is 59.1 Å². The van der Waals surface area contributed by atoms with E-state index in [1.165, 1.54) is 12.0 Å². The van der Waals surface area contributed by atoms with Crippen molar-refractivity contribution in [3.8, 4) is 5.75 Å². The Balaban J connectivity index is 2.01. The van der Waals surface area contributed by atoms with E-state index in [0.29, 0.717) is 35.8 Å². The third kappa shape index (κ3) is 4.66. The third-order valence-corrected chi connectivity index (χ3v) is 5.68. The van der Waals surface area contributed by atoms with Crippen LogP contribution in [0, 0.1) is 6.92 Å². The number of nitrogens with zero attached hydrogens (tertiary/aromatic N) is 2. The van der Waals surface area contributed by atoms with Gasteiger partial charge in [-0.1, -0.05) is 26.0 Å². The summed E-state index contributed by atoms with van der Waals surface area (Å²) in [4.78, 5) is 29.7. The molecule has 0 unspecified atom stereocenters. The second kappa shape index (κ2) is 9.83. The maximum Gasteiger partial charge on any atom is 0.295 e. The Morgan fingerprint density at radius 1 is 1.19 bits per heavy atom. The van der Waals surface area contributed by atoms with E-state index in [2.05, 4.69) is 18.7 Å². The molecule has 1 saturated heterocycles. The first kappa shape index (κ1) is 22.6. The second-order valence-corrected chi connectivity index (χ2v) is 7.55. The van der Waals surface area contributed by atoms with Crippen LogP contribution in [0.3, 0.4) is 0 Å². The molecule has 0 radical (unpaired) electrons. The van der Waals surface area contributed by atoms with Crippen LogP contribution in [0.5, 0.6) is 5.75 Å². The molecule has 0 aliphatic carbocycles. The van der Waals surface area contributed by atoms with E-state index in [9.17, 15) is 14.7 Å². The normalized spacial score (nSPS) is 18.2. The molecule has 2 heterocycles. The van der Waals surface area contributed by atoms with Gasteiger partial charge in [0.2, 0.25) is 0 Å². The van der Waals surface area contributed by atoms with E-state index in [4.69, 9.17) is 9.15 Å². The lowest BCUT2D eigenvalue weighted by Gasteiger charge is -2.25. The van der Waals surface area contributed by atoms with Crippen LogP contribution >= 0.6 is 0 Å². The number of ether oxygens (including phenoxy) is 1. The van der Waals surface area contributed by atoms with Crippen LogP contribution in [0.2, 0.25) is 0 Å².